The van der Waals surface area contributed by atoms with Gasteiger partial charge in [-0.1, -0.05) is 42.5 Å². The number of nitrogens with zero attached hydrogens (tertiary/aromatic N) is 1. The fourth-order valence-corrected chi connectivity index (χ4v) is 6.06. The first-order chi connectivity index (χ1) is 16.0. The van der Waals surface area contributed by atoms with Crippen LogP contribution in [0.3, 0.4) is 0 Å². The average Bonchev–Trinajstić information content (AvgIpc) is 3.17. The number of anilines is 2. The van der Waals surface area contributed by atoms with E-state index in [1.807, 2.05) is 48.7 Å². The molecular formula is C26H22N2O3S2. The number of thioether (sulfide) groups is 1. The number of carbonyl (C=O) groups excluding carboxylic acids is 1. The maximum atomic E-state index is 12.9. The molecular weight excluding hydrogens is 452 g/mol. The van der Waals surface area contributed by atoms with Crippen molar-refractivity contribution in [2.24, 2.45) is 0 Å². The van der Waals surface area contributed by atoms with Crippen molar-refractivity contribution in [1.29, 1.82) is 0 Å². The third-order valence-corrected chi connectivity index (χ3v) is 8.15. The van der Waals surface area contributed by atoms with E-state index >= 15 is 0 Å². The van der Waals surface area contributed by atoms with Crippen molar-refractivity contribution in [3.05, 3.63) is 96.1 Å². The van der Waals surface area contributed by atoms with Crippen molar-refractivity contribution in [2.45, 2.75) is 16.3 Å². The lowest BCUT2D eigenvalue weighted by Crippen LogP contribution is -2.22. The molecule has 4 aromatic carbocycles. The number of benzene rings is 4. The average molecular weight is 475 g/mol. The maximum absolute atomic E-state index is 12.9. The summed E-state index contributed by atoms with van der Waals surface area (Å²) in [6.45, 7) is 0.618. The molecule has 33 heavy (non-hydrogen) atoms. The Balaban J connectivity index is 1.47. The van der Waals surface area contributed by atoms with Crippen molar-refractivity contribution >= 4 is 49.7 Å². The van der Waals surface area contributed by atoms with Gasteiger partial charge in [-0.2, -0.15) is 0 Å². The zero-order valence-electron chi connectivity index (χ0n) is 18.0. The minimum Gasteiger partial charge on any atom is -0.357 e. The second-order valence-electron chi connectivity index (χ2n) is 7.89. The number of amides is 1. The van der Waals surface area contributed by atoms with Crippen molar-refractivity contribution in [3.63, 3.8) is 0 Å². The van der Waals surface area contributed by atoms with Gasteiger partial charge >= 0.3 is 0 Å². The quantitative estimate of drug-likeness (QED) is 0.355. The molecule has 1 aliphatic heterocycles. The summed E-state index contributed by atoms with van der Waals surface area (Å²) >= 11 is 1.71. The van der Waals surface area contributed by atoms with Crippen LogP contribution in [0.25, 0.3) is 10.8 Å². The van der Waals surface area contributed by atoms with Gasteiger partial charge in [0.05, 0.1) is 15.7 Å². The Morgan fingerprint density at radius 3 is 2.30 bits per heavy atom. The molecule has 4 aromatic rings. The molecule has 5 nitrogen and oxygen atoms in total. The predicted molar refractivity (Wildman–Crippen MR) is 135 cm³/mol. The van der Waals surface area contributed by atoms with E-state index in [4.69, 9.17) is 0 Å². The lowest BCUT2D eigenvalue weighted by molar-refractivity contribution is 0.103. The highest BCUT2D eigenvalue weighted by atomic mass is 32.2. The second-order valence-corrected chi connectivity index (χ2v) is 10.7. The van der Waals surface area contributed by atoms with E-state index in [-0.39, 0.29) is 15.7 Å². The fraction of sp³-hybridized carbons (Fsp3) is 0.115. The van der Waals surface area contributed by atoms with Gasteiger partial charge in [-0.05, 0) is 54.3 Å². The molecule has 0 aromatic heterocycles. The van der Waals surface area contributed by atoms with E-state index in [9.17, 15) is 13.2 Å². The van der Waals surface area contributed by atoms with E-state index in [1.165, 1.54) is 0 Å². The third-order valence-electron chi connectivity index (χ3n) is 5.80. The summed E-state index contributed by atoms with van der Waals surface area (Å²) in [7, 11) is -3.54. The molecule has 0 saturated carbocycles. The van der Waals surface area contributed by atoms with Crippen molar-refractivity contribution in [1.82, 2.24) is 0 Å². The van der Waals surface area contributed by atoms with Gasteiger partial charge in [0.25, 0.3) is 5.91 Å². The Morgan fingerprint density at radius 2 is 1.58 bits per heavy atom. The molecule has 0 spiro atoms. The Bertz CT molecular complexity index is 1450. The summed E-state index contributed by atoms with van der Waals surface area (Å²) in [5.74, 6) is 0.684. The number of carbonyl (C=O) groups is 1. The molecule has 0 fully saturated rings. The summed E-state index contributed by atoms with van der Waals surface area (Å²) < 4.78 is 25.8. The molecule has 0 bridgehead atoms. The topological polar surface area (TPSA) is 66.5 Å². The summed E-state index contributed by atoms with van der Waals surface area (Å²) in [5.41, 5.74) is 3.59. The minimum atomic E-state index is -3.54. The predicted octanol–water partition coefficient (Wildman–Crippen LogP) is 5.57. The summed E-state index contributed by atoms with van der Waals surface area (Å²) in [5, 5.41) is 4.92. The van der Waals surface area contributed by atoms with Crippen LogP contribution in [-0.2, 0) is 16.4 Å². The molecule has 166 valence electrons. The van der Waals surface area contributed by atoms with Crippen LogP contribution in [0.5, 0.6) is 0 Å². The molecule has 1 amide bonds. The van der Waals surface area contributed by atoms with Crippen LogP contribution in [0.2, 0.25) is 0 Å². The second kappa shape index (κ2) is 8.57. The van der Waals surface area contributed by atoms with Gasteiger partial charge < -0.3 is 10.2 Å². The van der Waals surface area contributed by atoms with Crippen LogP contribution >= 0.6 is 11.8 Å². The summed E-state index contributed by atoms with van der Waals surface area (Å²) in [6, 6.07) is 25.3. The standard InChI is InChI=1S/C26H22N2O3S2/c1-32-17-28(24-15-14-23-25-21(24)8-5-9-22(25)26(29)27-23)16-18-10-12-20(13-11-18)33(30,31)19-6-3-2-4-7-19/h2-15H,16-17H2,1H3,(H,27,29). The largest absolute Gasteiger partial charge is 0.357 e. The highest BCUT2D eigenvalue weighted by Crippen LogP contribution is 2.39. The first-order valence-electron chi connectivity index (χ1n) is 10.5. The van der Waals surface area contributed by atoms with Gasteiger partial charge in [0.2, 0.25) is 9.84 Å². The lowest BCUT2D eigenvalue weighted by atomic mass is 10.0. The number of sulfone groups is 1. The molecule has 0 radical (unpaired) electrons. The number of hydrogen-bond donors (Lipinski definition) is 1. The monoisotopic (exact) mass is 474 g/mol. The molecule has 1 aliphatic rings. The SMILES string of the molecule is CSCN(Cc1ccc(S(=O)(=O)c2ccccc2)cc1)c1ccc2c3c(cccc13)C(=O)N2. The highest BCUT2D eigenvalue weighted by molar-refractivity contribution is 7.98. The van der Waals surface area contributed by atoms with Crippen LogP contribution in [0.15, 0.2) is 94.7 Å². The van der Waals surface area contributed by atoms with Crippen LogP contribution < -0.4 is 10.2 Å². The summed E-state index contributed by atoms with van der Waals surface area (Å²) in [6.07, 6.45) is 2.05. The van der Waals surface area contributed by atoms with E-state index in [0.717, 1.165) is 33.6 Å². The molecule has 1 N–H and O–H groups in total. The van der Waals surface area contributed by atoms with Crippen molar-refractivity contribution < 1.29 is 13.2 Å². The zero-order chi connectivity index (χ0) is 23.0. The van der Waals surface area contributed by atoms with Gasteiger partial charge in [-0.25, -0.2) is 8.42 Å². The molecule has 7 heteroatoms. The number of hydrogen-bond acceptors (Lipinski definition) is 5. The van der Waals surface area contributed by atoms with E-state index in [2.05, 4.69) is 10.2 Å². The van der Waals surface area contributed by atoms with Crippen LogP contribution in [0.1, 0.15) is 15.9 Å². The Hall–Kier alpha value is -3.29. The van der Waals surface area contributed by atoms with Gasteiger partial charge in [0.15, 0.2) is 0 Å². The van der Waals surface area contributed by atoms with E-state index < -0.39 is 9.84 Å². The van der Waals surface area contributed by atoms with Crippen molar-refractivity contribution in [3.8, 4) is 0 Å². The molecule has 1 heterocycles. The Labute approximate surface area is 197 Å². The first kappa shape index (κ1) is 21.6. The zero-order valence-corrected chi connectivity index (χ0v) is 19.6. The number of rotatable bonds is 7. The molecule has 0 aliphatic carbocycles. The Morgan fingerprint density at radius 1 is 0.848 bits per heavy atom. The molecule has 0 saturated heterocycles. The smallest absolute Gasteiger partial charge is 0.256 e. The summed E-state index contributed by atoms with van der Waals surface area (Å²) in [4.78, 5) is 15.1. The van der Waals surface area contributed by atoms with Crippen LogP contribution in [0, 0.1) is 0 Å². The highest BCUT2D eigenvalue weighted by Gasteiger charge is 2.24. The third kappa shape index (κ3) is 3.87. The molecule has 0 atom stereocenters. The Kier molecular flexibility index (Phi) is 5.60. The van der Waals surface area contributed by atoms with E-state index in [1.54, 1.807) is 54.2 Å². The molecule has 0 unspecified atom stereocenters. The van der Waals surface area contributed by atoms with Crippen LogP contribution in [-0.4, -0.2) is 26.5 Å². The number of nitrogens with one attached hydrogen (secondary N) is 1. The minimum absolute atomic E-state index is 0.0700. The van der Waals surface area contributed by atoms with Crippen molar-refractivity contribution in [2.75, 3.05) is 22.3 Å². The first-order valence-corrected chi connectivity index (χ1v) is 13.4. The van der Waals surface area contributed by atoms with Gasteiger partial charge in [-0.3, -0.25) is 4.79 Å². The maximum Gasteiger partial charge on any atom is 0.256 e. The van der Waals surface area contributed by atoms with Gasteiger partial charge in [-0.15, -0.1) is 11.8 Å². The molecule has 5 rings (SSSR count). The normalized spacial score (nSPS) is 12.7. The fourth-order valence-electron chi connectivity index (χ4n) is 4.24. The van der Waals surface area contributed by atoms with E-state index in [0.29, 0.717) is 12.1 Å². The van der Waals surface area contributed by atoms with Crippen LogP contribution in [0.4, 0.5) is 11.4 Å². The lowest BCUT2D eigenvalue weighted by Gasteiger charge is -2.26. The van der Waals surface area contributed by atoms with Gasteiger partial charge in [0.1, 0.15) is 0 Å². The van der Waals surface area contributed by atoms with Gasteiger partial charge in [0, 0.05) is 34.3 Å².